The molecule has 1 heterocycles. The first kappa shape index (κ1) is 20.4. The fraction of sp³-hybridized carbons (Fsp3) is 0.250. The van der Waals surface area contributed by atoms with Crippen LogP contribution in [0.25, 0.3) is 10.2 Å². The van der Waals surface area contributed by atoms with E-state index in [4.69, 9.17) is 18.9 Å². The van der Waals surface area contributed by atoms with Gasteiger partial charge in [-0.15, -0.1) is 0 Å². The third-order valence-corrected chi connectivity index (χ3v) is 4.96. The van der Waals surface area contributed by atoms with Gasteiger partial charge in [0.25, 0.3) is 5.91 Å². The summed E-state index contributed by atoms with van der Waals surface area (Å²) in [7, 11) is 4.35. The van der Waals surface area contributed by atoms with Gasteiger partial charge >= 0.3 is 5.97 Å². The first-order valence-electron chi connectivity index (χ1n) is 8.59. The van der Waals surface area contributed by atoms with Crippen molar-refractivity contribution in [3.8, 4) is 17.2 Å². The predicted octanol–water partition coefficient (Wildman–Crippen LogP) is 3.43. The molecule has 3 rings (SSSR count). The van der Waals surface area contributed by atoms with Gasteiger partial charge in [-0.25, -0.2) is 9.78 Å². The minimum absolute atomic E-state index is 0.169. The average Bonchev–Trinajstić information content (AvgIpc) is 3.11. The fourth-order valence-corrected chi connectivity index (χ4v) is 3.63. The Balaban J connectivity index is 1.65. The normalized spacial score (nSPS) is 10.5. The lowest BCUT2D eigenvalue weighted by molar-refractivity contribution is -0.119. The van der Waals surface area contributed by atoms with E-state index in [0.29, 0.717) is 22.4 Å². The maximum Gasteiger partial charge on any atom is 0.338 e. The lowest BCUT2D eigenvalue weighted by Crippen LogP contribution is -2.20. The molecule has 1 aromatic heterocycles. The second kappa shape index (κ2) is 8.78. The zero-order valence-electron chi connectivity index (χ0n) is 16.4. The third-order valence-electron chi connectivity index (χ3n) is 4.03. The number of nitrogens with zero attached hydrogens (tertiary/aromatic N) is 1. The molecule has 0 aliphatic rings. The van der Waals surface area contributed by atoms with Crippen molar-refractivity contribution in [2.75, 3.05) is 33.3 Å². The number of carbonyl (C=O) groups is 2. The number of methoxy groups -OCH3 is 3. The molecule has 0 unspecified atom stereocenters. The fourth-order valence-electron chi connectivity index (χ4n) is 2.65. The minimum atomic E-state index is -0.695. The van der Waals surface area contributed by atoms with Gasteiger partial charge in [0.2, 0.25) is 5.75 Å². The molecule has 8 nitrogen and oxygen atoms in total. The van der Waals surface area contributed by atoms with Crippen molar-refractivity contribution in [3.63, 3.8) is 0 Å². The number of rotatable bonds is 7. The molecule has 3 aromatic rings. The molecule has 0 atom stereocenters. The Bertz CT molecular complexity index is 1040. The first-order valence-corrected chi connectivity index (χ1v) is 9.41. The van der Waals surface area contributed by atoms with E-state index in [1.54, 1.807) is 0 Å². The molecule has 0 spiro atoms. The number of aromatic nitrogens is 1. The minimum Gasteiger partial charge on any atom is -0.493 e. The molecule has 0 fully saturated rings. The quantitative estimate of drug-likeness (QED) is 0.590. The number of amides is 1. The number of thiazole rings is 1. The van der Waals surface area contributed by atoms with E-state index >= 15 is 0 Å². The summed E-state index contributed by atoms with van der Waals surface area (Å²) >= 11 is 1.35. The Kier molecular flexibility index (Phi) is 6.18. The van der Waals surface area contributed by atoms with Crippen molar-refractivity contribution in [1.82, 2.24) is 4.98 Å². The van der Waals surface area contributed by atoms with Crippen LogP contribution in [0.15, 0.2) is 30.3 Å². The molecule has 0 saturated heterocycles. The number of benzene rings is 2. The Hall–Kier alpha value is -3.33. The number of aryl methyl sites for hydroxylation is 1. The van der Waals surface area contributed by atoms with E-state index in [-0.39, 0.29) is 5.56 Å². The maximum atomic E-state index is 12.3. The third kappa shape index (κ3) is 4.57. The maximum absolute atomic E-state index is 12.3. The Morgan fingerprint density at radius 3 is 2.34 bits per heavy atom. The molecule has 0 aliphatic heterocycles. The Labute approximate surface area is 171 Å². The van der Waals surface area contributed by atoms with E-state index in [2.05, 4.69) is 10.3 Å². The van der Waals surface area contributed by atoms with Gasteiger partial charge in [-0.05, 0) is 36.8 Å². The van der Waals surface area contributed by atoms with Gasteiger partial charge in [0.15, 0.2) is 23.2 Å². The number of carbonyl (C=O) groups excluding carboxylic acids is 2. The van der Waals surface area contributed by atoms with Crippen molar-refractivity contribution >= 4 is 38.6 Å². The molecule has 0 radical (unpaired) electrons. The summed E-state index contributed by atoms with van der Waals surface area (Å²) in [6.07, 6.45) is 0. The smallest absolute Gasteiger partial charge is 0.338 e. The summed E-state index contributed by atoms with van der Waals surface area (Å²) in [4.78, 5) is 28.8. The van der Waals surface area contributed by atoms with Gasteiger partial charge in [0.1, 0.15) is 0 Å². The van der Waals surface area contributed by atoms with Crippen LogP contribution in [0.5, 0.6) is 17.2 Å². The van der Waals surface area contributed by atoms with Crippen LogP contribution < -0.4 is 19.5 Å². The van der Waals surface area contributed by atoms with E-state index in [0.717, 1.165) is 15.8 Å². The van der Waals surface area contributed by atoms with Crippen LogP contribution in [0.2, 0.25) is 0 Å². The van der Waals surface area contributed by atoms with Crippen LogP contribution in [-0.2, 0) is 9.53 Å². The first-order chi connectivity index (χ1) is 13.9. The standard InChI is InChI=1S/C20H20N2O6S/c1-11-5-6-13-16(7-11)29-20(21-13)22-17(23)10-28-19(24)12-8-14(25-2)18(27-4)15(9-12)26-3/h5-9H,10H2,1-4H3,(H,21,22,23). The van der Waals surface area contributed by atoms with Crippen LogP contribution in [0.3, 0.4) is 0 Å². The van der Waals surface area contributed by atoms with E-state index < -0.39 is 18.5 Å². The summed E-state index contributed by atoms with van der Waals surface area (Å²) in [5.41, 5.74) is 2.08. The van der Waals surface area contributed by atoms with Crippen LogP contribution >= 0.6 is 11.3 Å². The van der Waals surface area contributed by atoms with Crippen molar-refractivity contribution in [3.05, 3.63) is 41.5 Å². The van der Waals surface area contributed by atoms with Gasteiger partial charge in [-0.3, -0.25) is 10.1 Å². The molecule has 0 bridgehead atoms. The highest BCUT2D eigenvalue weighted by Crippen LogP contribution is 2.38. The summed E-state index contributed by atoms with van der Waals surface area (Å²) in [5, 5.41) is 3.09. The number of hydrogen-bond acceptors (Lipinski definition) is 8. The van der Waals surface area contributed by atoms with Crippen LogP contribution in [0.1, 0.15) is 15.9 Å². The number of hydrogen-bond donors (Lipinski definition) is 1. The van der Waals surface area contributed by atoms with Crippen molar-refractivity contribution in [2.45, 2.75) is 6.92 Å². The second-order valence-corrected chi connectivity index (χ2v) is 7.06. The molecule has 0 aliphatic carbocycles. The molecular formula is C20H20N2O6S. The van der Waals surface area contributed by atoms with E-state index in [9.17, 15) is 9.59 Å². The zero-order chi connectivity index (χ0) is 21.0. The highest BCUT2D eigenvalue weighted by molar-refractivity contribution is 7.22. The van der Waals surface area contributed by atoms with Gasteiger partial charge in [0, 0.05) is 0 Å². The monoisotopic (exact) mass is 416 g/mol. The van der Waals surface area contributed by atoms with Gasteiger partial charge in [0.05, 0.1) is 37.1 Å². The van der Waals surface area contributed by atoms with Crippen molar-refractivity contribution in [1.29, 1.82) is 0 Å². The second-order valence-electron chi connectivity index (χ2n) is 6.03. The summed E-state index contributed by atoms with van der Waals surface area (Å²) < 4.78 is 21.7. The lowest BCUT2D eigenvalue weighted by Gasteiger charge is -2.13. The topological polar surface area (TPSA) is 96.0 Å². The zero-order valence-corrected chi connectivity index (χ0v) is 17.2. The average molecular weight is 416 g/mol. The highest BCUT2D eigenvalue weighted by Gasteiger charge is 2.19. The molecule has 9 heteroatoms. The summed E-state index contributed by atoms with van der Waals surface area (Å²) in [5.74, 6) is -0.197. The van der Waals surface area contributed by atoms with Gasteiger partial charge < -0.3 is 18.9 Å². The van der Waals surface area contributed by atoms with Crippen LogP contribution in [0, 0.1) is 6.92 Å². The Morgan fingerprint density at radius 2 is 1.72 bits per heavy atom. The predicted molar refractivity (Wildman–Crippen MR) is 109 cm³/mol. The molecule has 29 heavy (non-hydrogen) atoms. The number of ether oxygens (including phenoxy) is 4. The van der Waals surface area contributed by atoms with Gasteiger partial charge in [-0.2, -0.15) is 0 Å². The number of esters is 1. The molecule has 152 valence electrons. The Morgan fingerprint density at radius 1 is 1.03 bits per heavy atom. The van der Waals surface area contributed by atoms with E-state index in [1.165, 1.54) is 44.8 Å². The molecular weight excluding hydrogens is 396 g/mol. The summed E-state index contributed by atoms with van der Waals surface area (Å²) in [6, 6.07) is 8.75. The number of anilines is 1. The van der Waals surface area contributed by atoms with E-state index in [1.807, 2.05) is 25.1 Å². The molecule has 1 amide bonds. The largest absolute Gasteiger partial charge is 0.493 e. The van der Waals surface area contributed by atoms with Crippen molar-refractivity contribution in [2.24, 2.45) is 0 Å². The summed E-state index contributed by atoms with van der Waals surface area (Å²) in [6.45, 7) is 1.53. The molecule has 1 N–H and O–H groups in total. The van der Waals surface area contributed by atoms with Crippen molar-refractivity contribution < 1.29 is 28.5 Å². The van der Waals surface area contributed by atoms with Crippen LogP contribution in [0.4, 0.5) is 5.13 Å². The SMILES string of the molecule is COc1cc(C(=O)OCC(=O)Nc2nc3ccc(C)cc3s2)cc(OC)c1OC. The highest BCUT2D eigenvalue weighted by atomic mass is 32.1. The number of fused-ring (bicyclic) bond motifs is 1. The van der Waals surface area contributed by atoms with Gasteiger partial charge in [-0.1, -0.05) is 17.4 Å². The van der Waals surface area contributed by atoms with Crippen LogP contribution in [-0.4, -0.2) is 44.8 Å². The molecule has 0 saturated carbocycles. The lowest BCUT2D eigenvalue weighted by atomic mass is 10.2. The molecule has 2 aromatic carbocycles. The number of nitrogens with one attached hydrogen (secondary N) is 1.